The van der Waals surface area contributed by atoms with E-state index in [-0.39, 0.29) is 12.3 Å². The van der Waals surface area contributed by atoms with Crippen LogP contribution in [0, 0.1) is 6.92 Å². The van der Waals surface area contributed by atoms with Crippen LogP contribution in [0.2, 0.25) is 0 Å². The van der Waals surface area contributed by atoms with Gasteiger partial charge in [-0.05, 0) is 48.9 Å². The molecule has 0 aliphatic rings. The monoisotopic (exact) mass is 407 g/mol. The summed E-state index contributed by atoms with van der Waals surface area (Å²) in [6.07, 6.45) is 2.21. The van der Waals surface area contributed by atoms with Crippen molar-refractivity contribution in [1.29, 1.82) is 0 Å². The number of aryl methyl sites for hydroxylation is 1. The van der Waals surface area contributed by atoms with Gasteiger partial charge in [0.1, 0.15) is 11.5 Å². The Hall–Kier alpha value is -3.32. The van der Waals surface area contributed by atoms with Crippen LogP contribution in [0.5, 0.6) is 11.5 Å². The number of aromatic nitrogens is 2. The number of carbonyl (C=O) groups is 1. The van der Waals surface area contributed by atoms with Crippen LogP contribution in [0.3, 0.4) is 0 Å². The van der Waals surface area contributed by atoms with E-state index in [0.29, 0.717) is 11.4 Å². The lowest BCUT2D eigenvalue weighted by Crippen LogP contribution is -2.16. The van der Waals surface area contributed by atoms with Gasteiger partial charge in [0, 0.05) is 22.8 Å². The Bertz CT molecular complexity index is 1160. The number of amides is 1. The average Bonchev–Trinajstić information content (AvgIpc) is 3.30. The van der Waals surface area contributed by atoms with E-state index in [0.717, 1.165) is 33.2 Å². The standard InChI is InChI=1S/C22H21N3O3S/c1-14-4-9-20(28-3)18(10-14)23-21(26)11-16-13-29-22-24-19(12-25(16)22)15-5-7-17(27-2)8-6-15/h4-10,12-13H,11H2,1-3H3,(H,23,26). The normalized spacial score (nSPS) is 10.9. The Morgan fingerprint density at radius 2 is 1.93 bits per heavy atom. The number of nitrogens with zero attached hydrogens (tertiary/aromatic N) is 2. The summed E-state index contributed by atoms with van der Waals surface area (Å²) in [6, 6.07) is 13.5. The zero-order valence-corrected chi connectivity index (χ0v) is 17.2. The second kappa shape index (κ2) is 7.97. The van der Waals surface area contributed by atoms with Gasteiger partial charge in [-0.25, -0.2) is 4.98 Å². The van der Waals surface area contributed by atoms with Gasteiger partial charge in [-0.2, -0.15) is 0 Å². The summed E-state index contributed by atoms with van der Waals surface area (Å²) in [7, 11) is 3.24. The van der Waals surface area contributed by atoms with Crippen LogP contribution in [-0.2, 0) is 11.2 Å². The molecule has 0 aliphatic carbocycles. The molecule has 2 aromatic carbocycles. The number of benzene rings is 2. The molecule has 0 spiro atoms. The van der Waals surface area contributed by atoms with E-state index in [1.165, 1.54) is 11.3 Å². The molecule has 1 amide bonds. The van der Waals surface area contributed by atoms with Gasteiger partial charge in [0.2, 0.25) is 5.91 Å². The van der Waals surface area contributed by atoms with Crippen molar-refractivity contribution >= 4 is 27.9 Å². The average molecular weight is 407 g/mol. The summed E-state index contributed by atoms with van der Waals surface area (Å²) >= 11 is 1.52. The molecule has 0 fully saturated rings. The molecular weight excluding hydrogens is 386 g/mol. The fourth-order valence-corrected chi connectivity index (χ4v) is 4.01. The highest BCUT2D eigenvalue weighted by molar-refractivity contribution is 7.15. The number of anilines is 1. The van der Waals surface area contributed by atoms with Gasteiger partial charge >= 0.3 is 0 Å². The molecule has 0 aliphatic heterocycles. The van der Waals surface area contributed by atoms with Crippen molar-refractivity contribution < 1.29 is 14.3 Å². The van der Waals surface area contributed by atoms with Crippen molar-refractivity contribution in [2.75, 3.05) is 19.5 Å². The van der Waals surface area contributed by atoms with Crippen LogP contribution in [-0.4, -0.2) is 29.5 Å². The number of methoxy groups -OCH3 is 2. The van der Waals surface area contributed by atoms with Crippen molar-refractivity contribution in [1.82, 2.24) is 9.38 Å². The summed E-state index contributed by atoms with van der Waals surface area (Å²) in [5, 5.41) is 4.91. The Labute approximate surface area is 172 Å². The zero-order chi connectivity index (χ0) is 20.4. The number of ether oxygens (including phenoxy) is 2. The smallest absolute Gasteiger partial charge is 0.230 e. The third-order valence-corrected chi connectivity index (χ3v) is 5.53. The molecule has 1 N–H and O–H groups in total. The molecule has 148 valence electrons. The molecular formula is C22H21N3O3S. The fraction of sp³-hybridized carbons (Fsp3) is 0.182. The molecule has 4 aromatic rings. The largest absolute Gasteiger partial charge is 0.497 e. The van der Waals surface area contributed by atoms with Gasteiger partial charge in [-0.1, -0.05) is 6.07 Å². The van der Waals surface area contributed by atoms with Crippen molar-refractivity contribution in [3.05, 3.63) is 65.3 Å². The van der Waals surface area contributed by atoms with Crippen molar-refractivity contribution in [2.45, 2.75) is 13.3 Å². The molecule has 2 aromatic heterocycles. The van der Waals surface area contributed by atoms with Gasteiger partial charge in [-0.15, -0.1) is 11.3 Å². The summed E-state index contributed by atoms with van der Waals surface area (Å²) in [5.41, 5.74) is 4.48. The first-order chi connectivity index (χ1) is 14.1. The predicted molar refractivity (Wildman–Crippen MR) is 115 cm³/mol. The molecule has 0 unspecified atom stereocenters. The number of fused-ring (bicyclic) bond motifs is 1. The molecule has 29 heavy (non-hydrogen) atoms. The van der Waals surface area contributed by atoms with Crippen molar-refractivity contribution in [3.63, 3.8) is 0 Å². The number of imidazole rings is 1. The molecule has 0 atom stereocenters. The number of rotatable bonds is 6. The molecule has 2 heterocycles. The lowest BCUT2D eigenvalue weighted by Gasteiger charge is -2.10. The van der Waals surface area contributed by atoms with E-state index in [9.17, 15) is 4.79 Å². The van der Waals surface area contributed by atoms with E-state index >= 15 is 0 Å². The molecule has 6 nitrogen and oxygen atoms in total. The number of hydrogen-bond donors (Lipinski definition) is 1. The van der Waals surface area contributed by atoms with Crippen LogP contribution in [0.25, 0.3) is 16.2 Å². The quantitative estimate of drug-likeness (QED) is 0.509. The highest BCUT2D eigenvalue weighted by Gasteiger charge is 2.14. The maximum absolute atomic E-state index is 12.6. The van der Waals surface area contributed by atoms with E-state index in [4.69, 9.17) is 9.47 Å². The number of carbonyl (C=O) groups excluding carboxylic acids is 1. The fourth-order valence-electron chi connectivity index (χ4n) is 3.14. The van der Waals surface area contributed by atoms with Gasteiger partial charge in [0.05, 0.1) is 32.0 Å². The Balaban J connectivity index is 1.54. The second-order valence-electron chi connectivity index (χ2n) is 6.66. The summed E-state index contributed by atoms with van der Waals surface area (Å²) in [4.78, 5) is 18.2. The third kappa shape index (κ3) is 3.95. The summed E-state index contributed by atoms with van der Waals surface area (Å²) in [5.74, 6) is 1.34. The Morgan fingerprint density at radius 3 is 2.66 bits per heavy atom. The molecule has 0 saturated heterocycles. The highest BCUT2D eigenvalue weighted by atomic mass is 32.1. The molecule has 0 saturated carbocycles. The zero-order valence-electron chi connectivity index (χ0n) is 16.4. The SMILES string of the molecule is COc1ccc(-c2cn3c(CC(=O)Nc4cc(C)ccc4OC)csc3n2)cc1. The predicted octanol–water partition coefficient (Wildman–Crippen LogP) is 4.57. The van der Waals surface area contributed by atoms with E-state index in [1.807, 2.05) is 65.4 Å². The van der Waals surface area contributed by atoms with Crippen LogP contribution >= 0.6 is 11.3 Å². The van der Waals surface area contributed by atoms with Gasteiger partial charge in [0.25, 0.3) is 0 Å². The lowest BCUT2D eigenvalue weighted by atomic mass is 10.1. The van der Waals surface area contributed by atoms with Crippen molar-refractivity contribution in [2.24, 2.45) is 0 Å². The van der Waals surface area contributed by atoms with Crippen LogP contribution < -0.4 is 14.8 Å². The third-order valence-electron chi connectivity index (χ3n) is 4.64. The van der Waals surface area contributed by atoms with Crippen LogP contribution in [0.4, 0.5) is 5.69 Å². The van der Waals surface area contributed by atoms with Gasteiger partial charge in [-0.3, -0.25) is 9.20 Å². The van der Waals surface area contributed by atoms with Gasteiger partial charge in [0.15, 0.2) is 4.96 Å². The van der Waals surface area contributed by atoms with Crippen LogP contribution in [0.1, 0.15) is 11.3 Å². The highest BCUT2D eigenvalue weighted by Crippen LogP contribution is 2.27. The van der Waals surface area contributed by atoms with Crippen LogP contribution in [0.15, 0.2) is 54.0 Å². The summed E-state index contributed by atoms with van der Waals surface area (Å²) < 4.78 is 12.5. The number of hydrogen-bond acceptors (Lipinski definition) is 5. The molecule has 0 bridgehead atoms. The Morgan fingerprint density at radius 1 is 1.14 bits per heavy atom. The maximum atomic E-state index is 12.6. The number of nitrogens with one attached hydrogen (secondary N) is 1. The number of thiazole rings is 1. The second-order valence-corrected chi connectivity index (χ2v) is 7.50. The van der Waals surface area contributed by atoms with E-state index in [1.54, 1.807) is 14.2 Å². The summed E-state index contributed by atoms with van der Waals surface area (Å²) in [6.45, 7) is 1.98. The van der Waals surface area contributed by atoms with Crippen molar-refractivity contribution in [3.8, 4) is 22.8 Å². The molecule has 0 radical (unpaired) electrons. The minimum atomic E-state index is -0.103. The first-order valence-corrected chi connectivity index (χ1v) is 9.99. The Kier molecular flexibility index (Phi) is 5.22. The van der Waals surface area contributed by atoms with Gasteiger partial charge < -0.3 is 14.8 Å². The first-order valence-electron chi connectivity index (χ1n) is 9.12. The minimum absolute atomic E-state index is 0.103. The van der Waals surface area contributed by atoms with E-state index in [2.05, 4.69) is 10.3 Å². The first kappa shape index (κ1) is 19.0. The molecule has 4 rings (SSSR count). The topological polar surface area (TPSA) is 64.9 Å². The minimum Gasteiger partial charge on any atom is -0.497 e. The molecule has 7 heteroatoms. The van der Waals surface area contributed by atoms with E-state index < -0.39 is 0 Å². The lowest BCUT2D eigenvalue weighted by molar-refractivity contribution is -0.115. The maximum Gasteiger partial charge on any atom is 0.230 e.